The van der Waals surface area contributed by atoms with Crippen molar-refractivity contribution in [3.63, 3.8) is 0 Å². The Labute approximate surface area is 212 Å². The van der Waals surface area contributed by atoms with Crippen LogP contribution in [0, 0.1) is 0 Å². The van der Waals surface area contributed by atoms with Crippen LogP contribution in [0.3, 0.4) is 0 Å². The molecular weight excluding hydrogens is 497 g/mol. The normalized spacial score (nSPS) is 14.8. The number of carbonyl (C=O) groups is 1. The third kappa shape index (κ3) is 5.53. The van der Waals surface area contributed by atoms with Crippen LogP contribution in [0.1, 0.15) is 18.1 Å². The Hall–Kier alpha value is -2.51. The molecule has 1 fully saturated rings. The van der Waals surface area contributed by atoms with Gasteiger partial charge >= 0.3 is 0 Å². The fourth-order valence-corrected chi connectivity index (χ4v) is 4.97. The quantitative estimate of drug-likeness (QED) is 0.242. The average molecular weight is 516 g/mol. The van der Waals surface area contributed by atoms with Crippen LogP contribution in [0.15, 0.2) is 71.6 Å². The highest BCUT2D eigenvalue weighted by atomic mass is 35.5. The summed E-state index contributed by atoms with van der Waals surface area (Å²) in [4.78, 5) is 15.2. The zero-order chi connectivity index (χ0) is 23.4. The van der Waals surface area contributed by atoms with E-state index in [0.29, 0.717) is 37.3 Å². The molecular formula is C25H19Cl2NO3S2. The lowest BCUT2D eigenvalue weighted by Gasteiger charge is -2.15. The number of halogens is 2. The summed E-state index contributed by atoms with van der Waals surface area (Å²) in [6.45, 7) is 2.77. The van der Waals surface area contributed by atoms with E-state index in [-0.39, 0.29) is 12.5 Å². The molecule has 1 amide bonds. The number of amides is 1. The molecule has 3 aromatic carbocycles. The van der Waals surface area contributed by atoms with Gasteiger partial charge < -0.3 is 9.47 Å². The second kappa shape index (κ2) is 10.6. The summed E-state index contributed by atoms with van der Waals surface area (Å²) in [6, 6.07) is 20.1. The highest BCUT2D eigenvalue weighted by Crippen LogP contribution is 2.37. The first-order valence-corrected chi connectivity index (χ1v) is 12.1. The number of benzene rings is 3. The van der Waals surface area contributed by atoms with Crippen molar-refractivity contribution in [3.05, 3.63) is 92.8 Å². The second-order valence-corrected chi connectivity index (χ2v) is 9.53. The molecule has 168 valence electrons. The van der Waals surface area contributed by atoms with Crippen molar-refractivity contribution in [2.75, 3.05) is 11.5 Å². The van der Waals surface area contributed by atoms with E-state index in [4.69, 9.17) is 44.9 Å². The Balaban J connectivity index is 1.54. The van der Waals surface area contributed by atoms with Crippen LogP contribution in [0.5, 0.6) is 11.5 Å². The molecule has 4 nitrogen and oxygen atoms in total. The number of thioether (sulfide) groups is 1. The SMILES string of the molecule is CCOc1ccc(N2C(=O)/C(=C\c3ccccc3OCc3ccc(Cl)cc3Cl)SC2=S)cc1. The zero-order valence-corrected chi connectivity index (χ0v) is 20.7. The Bertz CT molecular complexity index is 1230. The minimum atomic E-state index is -0.176. The predicted molar refractivity (Wildman–Crippen MR) is 140 cm³/mol. The van der Waals surface area contributed by atoms with Crippen LogP contribution < -0.4 is 14.4 Å². The number of rotatable bonds is 7. The van der Waals surface area contributed by atoms with Gasteiger partial charge in [0.25, 0.3) is 5.91 Å². The number of nitrogens with zero attached hydrogens (tertiary/aromatic N) is 1. The monoisotopic (exact) mass is 515 g/mol. The van der Waals surface area contributed by atoms with Gasteiger partial charge in [-0.05, 0) is 55.5 Å². The molecule has 1 aliphatic heterocycles. The Morgan fingerprint density at radius 3 is 2.52 bits per heavy atom. The third-order valence-corrected chi connectivity index (χ3v) is 6.69. The van der Waals surface area contributed by atoms with E-state index in [2.05, 4.69) is 0 Å². The zero-order valence-electron chi connectivity index (χ0n) is 17.6. The first kappa shape index (κ1) is 23.6. The van der Waals surface area contributed by atoms with Gasteiger partial charge in [0.1, 0.15) is 18.1 Å². The number of anilines is 1. The van der Waals surface area contributed by atoms with Crippen LogP contribution in [-0.2, 0) is 11.4 Å². The van der Waals surface area contributed by atoms with Gasteiger partial charge in [-0.25, -0.2) is 0 Å². The summed E-state index contributed by atoms with van der Waals surface area (Å²) in [5, 5.41) is 1.11. The van der Waals surface area contributed by atoms with Gasteiger partial charge in [-0.15, -0.1) is 0 Å². The fraction of sp³-hybridized carbons (Fsp3) is 0.120. The van der Waals surface area contributed by atoms with E-state index >= 15 is 0 Å². The smallest absolute Gasteiger partial charge is 0.270 e. The molecule has 0 aromatic heterocycles. The van der Waals surface area contributed by atoms with Gasteiger partial charge in [-0.1, -0.05) is 71.4 Å². The van der Waals surface area contributed by atoms with E-state index in [1.54, 1.807) is 18.2 Å². The van der Waals surface area contributed by atoms with E-state index in [0.717, 1.165) is 16.9 Å². The lowest BCUT2D eigenvalue weighted by molar-refractivity contribution is -0.113. The first-order chi connectivity index (χ1) is 16.0. The van der Waals surface area contributed by atoms with E-state index in [1.807, 2.05) is 61.5 Å². The molecule has 1 aliphatic rings. The molecule has 0 spiro atoms. The molecule has 4 rings (SSSR count). The molecule has 0 N–H and O–H groups in total. The molecule has 33 heavy (non-hydrogen) atoms. The van der Waals surface area contributed by atoms with Gasteiger partial charge in [0, 0.05) is 21.2 Å². The number of hydrogen-bond donors (Lipinski definition) is 0. The van der Waals surface area contributed by atoms with Crippen molar-refractivity contribution in [2.45, 2.75) is 13.5 Å². The van der Waals surface area contributed by atoms with Gasteiger partial charge in [0.15, 0.2) is 4.32 Å². The third-order valence-electron chi connectivity index (χ3n) is 4.80. The standard InChI is InChI=1S/C25H19Cl2NO3S2/c1-2-30-20-11-9-19(10-12-20)28-24(29)23(33-25(28)32)13-16-5-3-4-6-22(16)31-15-17-7-8-18(26)14-21(17)27/h3-14H,2,15H2,1H3/b23-13+. The molecule has 0 unspecified atom stereocenters. The average Bonchev–Trinajstić information content (AvgIpc) is 3.08. The van der Waals surface area contributed by atoms with Crippen molar-refractivity contribution < 1.29 is 14.3 Å². The van der Waals surface area contributed by atoms with E-state index < -0.39 is 0 Å². The molecule has 0 aliphatic carbocycles. The van der Waals surface area contributed by atoms with Gasteiger partial charge in [-0.2, -0.15) is 0 Å². The van der Waals surface area contributed by atoms with Crippen LogP contribution in [-0.4, -0.2) is 16.8 Å². The Morgan fingerprint density at radius 2 is 1.79 bits per heavy atom. The maximum absolute atomic E-state index is 13.1. The summed E-state index contributed by atoms with van der Waals surface area (Å²) >= 11 is 19.0. The summed E-state index contributed by atoms with van der Waals surface area (Å²) < 4.78 is 12.0. The number of carbonyl (C=O) groups excluding carboxylic acids is 1. The maximum atomic E-state index is 13.1. The first-order valence-electron chi connectivity index (χ1n) is 10.1. The molecule has 0 bridgehead atoms. The molecule has 1 saturated heterocycles. The second-order valence-electron chi connectivity index (χ2n) is 7.01. The van der Waals surface area contributed by atoms with Crippen LogP contribution in [0.4, 0.5) is 5.69 Å². The molecule has 0 radical (unpaired) electrons. The van der Waals surface area contributed by atoms with Crippen molar-refractivity contribution in [1.29, 1.82) is 0 Å². The lowest BCUT2D eigenvalue weighted by atomic mass is 10.1. The fourth-order valence-electron chi connectivity index (χ4n) is 3.22. The van der Waals surface area contributed by atoms with E-state index in [1.165, 1.54) is 16.7 Å². The van der Waals surface area contributed by atoms with Gasteiger partial charge in [-0.3, -0.25) is 9.69 Å². The molecule has 1 heterocycles. The lowest BCUT2D eigenvalue weighted by Crippen LogP contribution is -2.27. The van der Waals surface area contributed by atoms with Crippen molar-refractivity contribution in [2.24, 2.45) is 0 Å². The topological polar surface area (TPSA) is 38.8 Å². The minimum Gasteiger partial charge on any atom is -0.494 e. The van der Waals surface area contributed by atoms with Crippen LogP contribution in [0.25, 0.3) is 6.08 Å². The maximum Gasteiger partial charge on any atom is 0.270 e. The number of ether oxygens (including phenoxy) is 2. The van der Waals surface area contributed by atoms with Crippen molar-refractivity contribution >= 4 is 69.2 Å². The number of hydrogen-bond acceptors (Lipinski definition) is 5. The molecule has 8 heteroatoms. The number of thiocarbonyl (C=S) groups is 1. The summed E-state index contributed by atoms with van der Waals surface area (Å²) in [5.41, 5.74) is 2.29. The summed E-state index contributed by atoms with van der Waals surface area (Å²) in [5.74, 6) is 1.20. The Morgan fingerprint density at radius 1 is 1.03 bits per heavy atom. The summed E-state index contributed by atoms with van der Waals surface area (Å²) in [7, 11) is 0. The van der Waals surface area contributed by atoms with Crippen LogP contribution >= 0.6 is 47.2 Å². The van der Waals surface area contributed by atoms with Gasteiger partial charge in [0.05, 0.1) is 17.2 Å². The Kier molecular flexibility index (Phi) is 7.60. The van der Waals surface area contributed by atoms with E-state index in [9.17, 15) is 4.79 Å². The predicted octanol–water partition coefficient (Wildman–Crippen LogP) is 7.38. The molecule has 0 saturated carbocycles. The largest absolute Gasteiger partial charge is 0.494 e. The highest BCUT2D eigenvalue weighted by molar-refractivity contribution is 8.27. The van der Waals surface area contributed by atoms with Crippen molar-refractivity contribution in [3.8, 4) is 11.5 Å². The van der Waals surface area contributed by atoms with Crippen molar-refractivity contribution in [1.82, 2.24) is 0 Å². The molecule has 0 atom stereocenters. The van der Waals surface area contributed by atoms with Gasteiger partial charge in [0.2, 0.25) is 0 Å². The number of para-hydroxylation sites is 1. The molecule has 3 aromatic rings. The summed E-state index contributed by atoms with van der Waals surface area (Å²) in [6.07, 6.45) is 1.80. The van der Waals surface area contributed by atoms with Crippen LogP contribution in [0.2, 0.25) is 10.0 Å². The highest BCUT2D eigenvalue weighted by Gasteiger charge is 2.33. The minimum absolute atomic E-state index is 0.176.